The van der Waals surface area contributed by atoms with E-state index in [0.29, 0.717) is 11.1 Å². The van der Waals surface area contributed by atoms with E-state index >= 15 is 0 Å². The molecule has 0 spiro atoms. The molecule has 1 aromatic rings. The third-order valence-electron chi connectivity index (χ3n) is 3.56. The zero-order valence-corrected chi connectivity index (χ0v) is 12.9. The Morgan fingerprint density at radius 1 is 1.29 bits per heavy atom. The molecule has 21 heavy (non-hydrogen) atoms. The first-order valence-electron chi connectivity index (χ1n) is 7.15. The van der Waals surface area contributed by atoms with Gasteiger partial charge in [0, 0.05) is 18.4 Å². The number of urea groups is 1. The van der Waals surface area contributed by atoms with Crippen molar-refractivity contribution in [3.8, 4) is 0 Å². The molecule has 0 saturated heterocycles. The summed E-state index contributed by atoms with van der Waals surface area (Å²) < 4.78 is 0. The highest BCUT2D eigenvalue weighted by molar-refractivity contribution is 7.99. The molecule has 1 aliphatic rings. The molecule has 0 unspecified atom stereocenters. The first-order valence-corrected chi connectivity index (χ1v) is 8.14. The van der Waals surface area contributed by atoms with Crippen molar-refractivity contribution in [3.05, 3.63) is 18.5 Å². The van der Waals surface area contributed by atoms with Gasteiger partial charge in [-0.2, -0.15) is 0 Å². The van der Waals surface area contributed by atoms with E-state index in [2.05, 4.69) is 27.5 Å². The van der Waals surface area contributed by atoms with Crippen molar-refractivity contribution in [3.63, 3.8) is 0 Å². The fourth-order valence-electron chi connectivity index (χ4n) is 2.39. The van der Waals surface area contributed by atoms with Crippen LogP contribution in [0, 0.1) is 5.92 Å². The van der Waals surface area contributed by atoms with Crippen molar-refractivity contribution in [2.24, 2.45) is 5.92 Å². The summed E-state index contributed by atoms with van der Waals surface area (Å²) in [5, 5.41) is 5.76. The minimum atomic E-state index is -0.409. The molecule has 114 valence electrons. The van der Waals surface area contributed by atoms with Crippen LogP contribution >= 0.6 is 11.8 Å². The number of amides is 3. The molecule has 0 aliphatic heterocycles. The highest BCUT2D eigenvalue weighted by atomic mass is 32.2. The Hall–Kier alpha value is -1.63. The second kappa shape index (κ2) is 7.97. The maximum Gasteiger partial charge on any atom is 0.321 e. The molecule has 1 aliphatic carbocycles. The van der Waals surface area contributed by atoms with E-state index in [4.69, 9.17) is 0 Å². The van der Waals surface area contributed by atoms with Gasteiger partial charge in [0.25, 0.3) is 0 Å². The van der Waals surface area contributed by atoms with E-state index in [9.17, 15) is 9.59 Å². The molecule has 0 bridgehead atoms. The number of aromatic nitrogens is 2. The third kappa shape index (κ3) is 5.34. The van der Waals surface area contributed by atoms with Gasteiger partial charge in [-0.3, -0.25) is 10.1 Å². The summed E-state index contributed by atoms with van der Waals surface area (Å²) in [6, 6.07) is 1.47. The average molecular weight is 308 g/mol. The lowest BCUT2D eigenvalue weighted by Crippen LogP contribution is -2.48. The zero-order chi connectivity index (χ0) is 15.1. The van der Waals surface area contributed by atoms with Gasteiger partial charge in [0.15, 0.2) is 5.16 Å². The van der Waals surface area contributed by atoms with Gasteiger partial charge < -0.3 is 5.32 Å². The molecule has 0 radical (unpaired) electrons. The normalized spacial score (nSPS) is 21.6. The van der Waals surface area contributed by atoms with E-state index in [-0.39, 0.29) is 17.7 Å². The summed E-state index contributed by atoms with van der Waals surface area (Å²) in [5.41, 5.74) is 0. The van der Waals surface area contributed by atoms with Crippen molar-refractivity contribution in [1.82, 2.24) is 20.6 Å². The van der Waals surface area contributed by atoms with Crippen LogP contribution in [0.1, 0.15) is 32.6 Å². The maximum atomic E-state index is 11.8. The fourth-order valence-corrected chi connectivity index (χ4v) is 2.99. The summed E-state index contributed by atoms with van der Waals surface area (Å²) in [6.07, 6.45) is 7.68. The first kappa shape index (κ1) is 15.8. The number of nitrogens with one attached hydrogen (secondary N) is 2. The minimum absolute atomic E-state index is 0.123. The van der Waals surface area contributed by atoms with Crippen molar-refractivity contribution < 1.29 is 9.59 Å². The van der Waals surface area contributed by atoms with Crippen molar-refractivity contribution in [2.75, 3.05) is 5.75 Å². The van der Waals surface area contributed by atoms with E-state index in [0.717, 1.165) is 19.3 Å². The number of hydrogen-bond acceptors (Lipinski definition) is 5. The molecule has 1 saturated carbocycles. The molecule has 2 atom stereocenters. The summed E-state index contributed by atoms with van der Waals surface area (Å²) in [5.74, 6) is 0.248. The van der Waals surface area contributed by atoms with Crippen LogP contribution in [0.3, 0.4) is 0 Å². The monoisotopic (exact) mass is 308 g/mol. The van der Waals surface area contributed by atoms with Gasteiger partial charge >= 0.3 is 6.03 Å². The summed E-state index contributed by atoms with van der Waals surface area (Å²) in [7, 11) is 0. The highest BCUT2D eigenvalue weighted by Crippen LogP contribution is 2.23. The number of carbonyl (C=O) groups excluding carboxylic acids is 2. The largest absolute Gasteiger partial charge is 0.335 e. The van der Waals surface area contributed by atoms with E-state index < -0.39 is 6.03 Å². The molecular weight excluding hydrogens is 288 g/mol. The lowest BCUT2D eigenvalue weighted by molar-refractivity contribution is -0.117. The van der Waals surface area contributed by atoms with Gasteiger partial charge in [0.1, 0.15) is 0 Å². The van der Waals surface area contributed by atoms with Crippen LogP contribution in [0.2, 0.25) is 0 Å². The van der Waals surface area contributed by atoms with E-state index in [1.807, 2.05) is 0 Å². The minimum Gasteiger partial charge on any atom is -0.335 e. The molecule has 2 rings (SSSR count). The van der Waals surface area contributed by atoms with Crippen molar-refractivity contribution in [2.45, 2.75) is 43.8 Å². The van der Waals surface area contributed by atoms with Crippen molar-refractivity contribution in [1.29, 1.82) is 0 Å². The summed E-state index contributed by atoms with van der Waals surface area (Å²) in [4.78, 5) is 31.5. The van der Waals surface area contributed by atoms with Crippen LogP contribution in [0.5, 0.6) is 0 Å². The van der Waals surface area contributed by atoms with E-state index in [1.165, 1.54) is 18.2 Å². The lowest BCUT2D eigenvalue weighted by atomic mass is 9.86. The number of rotatable bonds is 4. The number of hydrogen-bond donors (Lipinski definition) is 2. The van der Waals surface area contributed by atoms with Gasteiger partial charge in [-0.25, -0.2) is 14.8 Å². The zero-order valence-electron chi connectivity index (χ0n) is 12.0. The van der Waals surface area contributed by atoms with Crippen LogP contribution in [-0.4, -0.2) is 33.7 Å². The smallest absolute Gasteiger partial charge is 0.321 e. The molecule has 6 nitrogen and oxygen atoms in total. The molecule has 1 aromatic heterocycles. The Balaban J connectivity index is 1.70. The molecule has 0 aromatic carbocycles. The Bertz CT molecular complexity index is 483. The van der Waals surface area contributed by atoms with Crippen LogP contribution in [0.4, 0.5) is 4.79 Å². The van der Waals surface area contributed by atoms with Crippen LogP contribution in [0.15, 0.2) is 23.6 Å². The predicted octanol–water partition coefficient (Wildman–Crippen LogP) is 1.97. The second-order valence-electron chi connectivity index (χ2n) is 5.21. The number of imide groups is 1. The maximum absolute atomic E-state index is 11.8. The summed E-state index contributed by atoms with van der Waals surface area (Å²) in [6.45, 7) is 2.13. The first-order chi connectivity index (χ1) is 10.1. The quantitative estimate of drug-likeness (QED) is 0.656. The Labute approximate surface area is 128 Å². The lowest BCUT2D eigenvalue weighted by Gasteiger charge is -2.29. The molecule has 2 N–H and O–H groups in total. The Morgan fingerprint density at radius 2 is 2.00 bits per heavy atom. The van der Waals surface area contributed by atoms with Crippen molar-refractivity contribution >= 4 is 23.7 Å². The molecule has 1 fully saturated rings. The Morgan fingerprint density at radius 3 is 2.71 bits per heavy atom. The predicted molar refractivity (Wildman–Crippen MR) is 80.9 cm³/mol. The molecule has 7 heteroatoms. The standard InChI is InChI=1S/C14H20N4O2S/c1-10-5-2-3-6-11(10)17-13(20)18-12(19)9-21-14-15-7-4-8-16-14/h4,7-8,10-11H,2-3,5-6,9H2,1H3,(H2,17,18,19,20)/t10-,11+/m1/s1. The van der Waals surface area contributed by atoms with Gasteiger partial charge in [-0.1, -0.05) is 31.5 Å². The summed E-state index contributed by atoms with van der Waals surface area (Å²) >= 11 is 1.20. The SMILES string of the molecule is C[C@@H]1CCCC[C@@H]1NC(=O)NC(=O)CSc1ncccn1. The second-order valence-corrected chi connectivity index (χ2v) is 6.15. The number of thioether (sulfide) groups is 1. The van der Waals surface area contributed by atoms with Gasteiger partial charge in [0.05, 0.1) is 5.75 Å². The Kier molecular flexibility index (Phi) is 5.98. The van der Waals surface area contributed by atoms with Crippen LogP contribution in [0.25, 0.3) is 0 Å². The topological polar surface area (TPSA) is 84.0 Å². The molecule has 3 amide bonds. The van der Waals surface area contributed by atoms with Crippen LogP contribution in [-0.2, 0) is 4.79 Å². The molecular formula is C14H20N4O2S. The number of carbonyl (C=O) groups is 2. The van der Waals surface area contributed by atoms with Gasteiger partial charge in [0.2, 0.25) is 5.91 Å². The fraction of sp³-hybridized carbons (Fsp3) is 0.571. The van der Waals surface area contributed by atoms with E-state index in [1.54, 1.807) is 18.5 Å². The molecule has 1 heterocycles. The van der Waals surface area contributed by atoms with Crippen LogP contribution < -0.4 is 10.6 Å². The average Bonchev–Trinajstić information content (AvgIpc) is 2.48. The van der Waals surface area contributed by atoms with Gasteiger partial charge in [-0.15, -0.1) is 0 Å². The third-order valence-corrected chi connectivity index (χ3v) is 4.43. The highest BCUT2D eigenvalue weighted by Gasteiger charge is 2.23. The van der Waals surface area contributed by atoms with Gasteiger partial charge in [-0.05, 0) is 24.8 Å². The number of nitrogens with zero attached hydrogens (tertiary/aromatic N) is 2.